The fraction of sp³-hybridized carbons (Fsp3) is 0.538. The van der Waals surface area contributed by atoms with Crippen LogP contribution in [0.3, 0.4) is 0 Å². The van der Waals surface area contributed by atoms with E-state index in [1.807, 2.05) is 33.8 Å². The second-order valence-electron chi connectivity index (χ2n) is 5.60. The summed E-state index contributed by atoms with van der Waals surface area (Å²) in [4.78, 5) is 0.309. The number of nitrogens with two attached hydrogens (primary N) is 1. The molecule has 0 saturated heterocycles. The van der Waals surface area contributed by atoms with Crippen molar-refractivity contribution in [3.8, 4) is 0 Å². The Morgan fingerprint density at radius 3 is 2.17 bits per heavy atom. The third-order valence-corrected chi connectivity index (χ3v) is 4.48. The highest BCUT2D eigenvalue weighted by Crippen LogP contribution is 2.21. The first-order valence-corrected chi connectivity index (χ1v) is 7.39. The Morgan fingerprint density at radius 1 is 1.17 bits per heavy atom. The molecule has 4 nitrogen and oxygen atoms in total. The highest BCUT2D eigenvalue weighted by molar-refractivity contribution is 7.89. The van der Waals surface area contributed by atoms with Gasteiger partial charge in [0.2, 0.25) is 10.0 Å². The molecule has 1 aromatic carbocycles. The molecule has 0 radical (unpaired) electrons. The minimum absolute atomic E-state index is 0.309. The van der Waals surface area contributed by atoms with Gasteiger partial charge in [-0.25, -0.2) is 13.1 Å². The lowest BCUT2D eigenvalue weighted by molar-refractivity contribution is 0.491. The van der Waals surface area contributed by atoms with E-state index < -0.39 is 15.6 Å². The van der Waals surface area contributed by atoms with Crippen LogP contribution in [0.1, 0.15) is 37.5 Å². The van der Waals surface area contributed by atoms with Crippen LogP contribution in [0, 0.1) is 13.8 Å². The summed E-state index contributed by atoms with van der Waals surface area (Å²) in [6.07, 6.45) is 0. The van der Waals surface area contributed by atoms with Crippen LogP contribution < -0.4 is 10.5 Å². The van der Waals surface area contributed by atoms with Crippen LogP contribution >= 0.6 is 0 Å². The fourth-order valence-electron chi connectivity index (χ4n) is 1.84. The molecule has 1 aromatic rings. The summed E-state index contributed by atoms with van der Waals surface area (Å²) in [5, 5.41) is 0. The summed E-state index contributed by atoms with van der Waals surface area (Å²) in [6.45, 7) is 9.52. The molecule has 0 bridgehead atoms. The van der Waals surface area contributed by atoms with Gasteiger partial charge in [-0.15, -0.1) is 0 Å². The average Bonchev–Trinajstić information content (AvgIpc) is 2.13. The largest absolute Gasteiger partial charge is 0.326 e. The van der Waals surface area contributed by atoms with E-state index in [4.69, 9.17) is 5.73 Å². The van der Waals surface area contributed by atoms with Gasteiger partial charge in [0.05, 0.1) is 4.90 Å². The molecular formula is C13H22N2O2S. The van der Waals surface area contributed by atoms with E-state index in [0.717, 1.165) is 16.7 Å². The van der Waals surface area contributed by atoms with E-state index in [9.17, 15) is 8.42 Å². The van der Waals surface area contributed by atoms with E-state index in [-0.39, 0.29) is 0 Å². The molecule has 0 aliphatic rings. The van der Waals surface area contributed by atoms with Crippen LogP contribution in [-0.4, -0.2) is 14.0 Å². The smallest absolute Gasteiger partial charge is 0.241 e. The number of sulfonamides is 1. The standard InChI is InChI=1S/C13H22N2O2S/c1-9-6-10(2)12(7-11(9)8-14)18(16,17)15-13(3,4)5/h6-7,15H,8,14H2,1-5H3. The quantitative estimate of drug-likeness (QED) is 0.880. The number of rotatable bonds is 3. The average molecular weight is 270 g/mol. The van der Waals surface area contributed by atoms with Crippen molar-refractivity contribution in [3.05, 3.63) is 28.8 Å². The molecule has 1 rings (SSSR count). The lowest BCUT2D eigenvalue weighted by atomic mass is 10.1. The first-order valence-electron chi connectivity index (χ1n) is 5.91. The molecule has 0 spiro atoms. The first-order chi connectivity index (χ1) is 8.07. The zero-order chi connectivity index (χ0) is 14.1. The normalized spacial score (nSPS) is 12.8. The molecule has 0 amide bonds. The van der Waals surface area contributed by atoms with Crippen LogP contribution in [0.25, 0.3) is 0 Å². The Morgan fingerprint density at radius 2 is 1.72 bits per heavy atom. The van der Waals surface area contributed by atoms with E-state index in [1.54, 1.807) is 13.0 Å². The third-order valence-electron chi connectivity index (χ3n) is 2.58. The molecule has 18 heavy (non-hydrogen) atoms. The van der Waals surface area contributed by atoms with E-state index in [2.05, 4.69) is 4.72 Å². The molecule has 0 aliphatic carbocycles. The van der Waals surface area contributed by atoms with Gasteiger partial charge in [-0.05, 0) is 57.4 Å². The minimum atomic E-state index is -3.50. The van der Waals surface area contributed by atoms with Gasteiger partial charge in [-0.2, -0.15) is 0 Å². The highest BCUT2D eigenvalue weighted by Gasteiger charge is 2.24. The topological polar surface area (TPSA) is 72.2 Å². The van der Waals surface area contributed by atoms with Crippen molar-refractivity contribution in [2.24, 2.45) is 5.73 Å². The molecule has 5 heteroatoms. The van der Waals surface area contributed by atoms with E-state index >= 15 is 0 Å². The fourth-order valence-corrected chi connectivity index (χ4v) is 3.54. The van der Waals surface area contributed by atoms with Crippen LogP contribution in [0.5, 0.6) is 0 Å². The van der Waals surface area contributed by atoms with Gasteiger partial charge >= 0.3 is 0 Å². The van der Waals surface area contributed by atoms with Crippen molar-refractivity contribution in [1.29, 1.82) is 0 Å². The Kier molecular flexibility index (Phi) is 4.20. The predicted molar refractivity (Wildman–Crippen MR) is 73.9 cm³/mol. The van der Waals surface area contributed by atoms with Crippen molar-refractivity contribution in [1.82, 2.24) is 4.72 Å². The SMILES string of the molecule is Cc1cc(C)c(S(=O)(=O)NC(C)(C)C)cc1CN. The zero-order valence-corrected chi connectivity index (χ0v) is 12.5. The lowest BCUT2D eigenvalue weighted by Crippen LogP contribution is -2.40. The molecule has 0 aliphatic heterocycles. The van der Waals surface area contributed by atoms with Crippen molar-refractivity contribution in [2.75, 3.05) is 0 Å². The van der Waals surface area contributed by atoms with Crippen LogP contribution in [0.2, 0.25) is 0 Å². The second-order valence-corrected chi connectivity index (χ2v) is 7.25. The van der Waals surface area contributed by atoms with E-state index in [1.165, 1.54) is 0 Å². The van der Waals surface area contributed by atoms with Crippen molar-refractivity contribution < 1.29 is 8.42 Å². The maximum absolute atomic E-state index is 12.3. The predicted octanol–water partition coefficient (Wildman–Crippen LogP) is 1.84. The zero-order valence-electron chi connectivity index (χ0n) is 11.7. The van der Waals surface area contributed by atoms with Crippen molar-refractivity contribution in [3.63, 3.8) is 0 Å². The summed E-state index contributed by atoms with van der Waals surface area (Å²) in [5.41, 5.74) is 7.74. The number of hydrogen-bond acceptors (Lipinski definition) is 3. The summed E-state index contributed by atoms with van der Waals surface area (Å²) in [6, 6.07) is 3.53. The third kappa shape index (κ3) is 3.54. The van der Waals surface area contributed by atoms with Crippen molar-refractivity contribution >= 4 is 10.0 Å². The molecule has 0 aromatic heterocycles. The maximum Gasteiger partial charge on any atom is 0.241 e. The van der Waals surface area contributed by atoms with Gasteiger partial charge < -0.3 is 5.73 Å². The number of nitrogens with one attached hydrogen (secondary N) is 1. The minimum Gasteiger partial charge on any atom is -0.326 e. The lowest BCUT2D eigenvalue weighted by Gasteiger charge is -2.21. The summed E-state index contributed by atoms with van der Waals surface area (Å²) in [5.74, 6) is 0. The highest BCUT2D eigenvalue weighted by atomic mass is 32.2. The number of benzene rings is 1. The Labute approximate surface area is 110 Å². The van der Waals surface area contributed by atoms with Gasteiger partial charge in [0, 0.05) is 12.1 Å². The first kappa shape index (κ1) is 15.1. The molecule has 3 N–H and O–H groups in total. The monoisotopic (exact) mass is 270 g/mol. The van der Waals surface area contributed by atoms with Gasteiger partial charge in [-0.3, -0.25) is 0 Å². The van der Waals surface area contributed by atoms with Crippen LogP contribution in [-0.2, 0) is 16.6 Å². The Balaban J connectivity index is 3.33. The molecule has 102 valence electrons. The summed E-state index contributed by atoms with van der Waals surface area (Å²) >= 11 is 0. The van der Waals surface area contributed by atoms with Crippen LogP contribution in [0.4, 0.5) is 0 Å². The van der Waals surface area contributed by atoms with Gasteiger partial charge in [0.15, 0.2) is 0 Å². The molecular weight excluding hydrogens is 248 g/mol. The molecule has 0 saturated carbocycles. The van der Waals surface area contributed by atoms with Crippen LogP contribution in [0.15, 0.2) is 17.0 Å². The summed E-state index contributed by atoms with van der Waals surface area (Å²) < 4.78 is 27.2. The number of hydrogen-bond donors (Lipinski definition) is 2. The summed E-state index contributed by atoms with van der Waals surface area (Å²) in [7, 11) is -3.50. The molecule has 0 atom stereocenters. The Bertz CT molecular complexity index is 543. The molecule has 0 heterocycles. The molecule has 0 unspecified atom stereocenters. The maximum atomic E-state index is 12.3. The van der Waals surface area contributed by atoms with E-state index in [0.29, 0.717) is 11.4 Å². The molecule has 0 fully saturated rings. The van der Waals surface area contributed by atoms with Gasteiger partial charge in [0.1, 0.15) is 0 Å². The van der Waals surface area contributed by atoms with Gasteiger partial charge in [0.25, 0.3) is 0 Å². The number of aryl methyl sites for hydroxylation is 2. The second kappa shape index (κ2) is 4.99. The Hall–Kier alpha value is -0.910. The van der Waals surface area contributed by atoms with Gasteiger partial charge in [-0.1, -0.05) is 6.07 Å². The van der Waals surface area contributed by atoms with Crippen molar-refractivity contribution in [2.45, 2.75) is 51.6 Å².